The second-order valence-corrected chi connectivity index (χ2v) is 7.79. The Morgan fingerprint density at radius 1 is 1.06 bits per heavy atom. The van der Waals surface area contributed by atoms with Crippen LogP contribution >= 0.6 is 0 Å². The van der Waals surface area contributed by atoms with Crippen LogP contribution in [0.5, 0.6) is 0 Å². The Bertz CT molecular complexity index is 1040. The van der Waals surface area contributed by atoms with E-state index < -0.39 is 35.1 Å². The van der Waals surface area contributed by atoms with Gasteiger partial charge in [-0.2, -0.15) is 13.2 Å². The summed E-state index contributed by atoms with van der Waals surface area (Å²) in [6, 6.07) is 13.2. The number of ketones is 1. The third kappa shape index (κ3) is 4.04. The van der Waals surface area contributed by atoms with E-state index in [1.807, 2.05) is 0 Å². The van der Waals surface area contributed by atoms with Gasteiger partial charge in [-0.25, -0.2) is 9.79 Å². The fourth-order valence-corrected chi connectivity index (χ4v) is 3.78. The first-order chi connectivity index (χ1) is 14.5. The molecule has 3 rings (SSSR count). The van der Waals surface area contributed by atoms with Crippen LogP contribution in [0.25, 0.3) is 0 Å². The molecule has 1 aliphatic rings. The van der Waals surface area contributed by atoms with E-state index >= 15 is 0 Å². The van der Waals surface area contributed by atoms with Crippen LogP contribution in [0.1, 0.15) is 43.4 Å². The smallest absolute Gasteiger partial charge is 0.405 e. The fraction of sp³-hybridized carbons (Fsp3) is 0.292. The Kier molecular flexibility index (Phi) is 5.89. The number of carbonyl (C=O) groups excluding carboxylic acids is 2. The molecule has 2 aromatic carbocycles. The average Bonchev–Trinajstić information content (AvgIpc) is 3.06. The molecule has 0 aromatic heterocycles. The summed E-state index contributed by atoms with van der Waals surface area (Å²) >= 11 is 0. The molecule has 0 aliphatic carbocycles. The maximum absolute atomic E-state index is 13.2. The number of ether oxygens (including phenoxy) is 1. The molecule has 31 heavy (non-hydrogen) atoms. The lowest BCUT2D eigenvalue weighted by atomic mass is 9.68. The zero-order valence-corrected chi connectivity index (χ0v) is 17.4. The molecule has 0 saturated carbocycles. The van der Waals surface area contributed by atoms with Crippen molar-refractivity contribution in [3.05, 3.63) is 83.4 Å². The van der Waals surface area contributed by atoms with Gasteiger partial charge in [-0.15, -0.1) is 0 Å². The number of nitrogens with zero attached hydrogens (tertiary/aromatic N) is 1. The van der Waals surface area contributed by atoms with Crippen molar-refractivity contribution < 1.29 is 27.5 Å². The molecule has 1 heterocycles. The fourth-order valence-electron chi connectivity index (χ4n) is 3.78. The summed E-state index contributed by atoms with van der Waals surface area (Å²) < 4.78 is 44.6. The van der Waals surface area contributed by atoms with Crippen molar-refractivity contribution >= 4 is 17.7 Å². The highest BCUT2D eigenvalue weighted by molar-refractivity contribution is 6.09. The monoisotopic (exact) mass is 429 g/mol. The van der Waals surface area contributed by atoms with Crippen molar-refractivity contribution in [2.75, 3.05) is 0 Å². The number of benzene rings is 2. The zero-order valence-electron chi connectivity index (χ0n) is 17.4. The number of esters is 1. The van der Waals surface area contributed by atoms with Crippen LogP contribution < -0.4 is 0 Å². The van der Waals surface area contributed by atoms with Crippen molar-refractivity contribution in [2.45, 2.75) is 38.4 Å². The molecule has 0 amide bonds. The number of aliphatic imine (C=N–C) groups is 1. The summed E-state index contributed by atoms with van der Waals surface area (Å²) in [5.41, 5.74) is -1.39. The minimum absolute atomic E-state index is 0.0727. The Balaban J connectivity index is 2.20. The SMILES string of the molecule is C=C(C(C)=O)[C@@H](c1ccc(C(F)(F)F)cc1)[C@]1(C(C)C)N=C(c2ccccc2)OC1=O. The van der Waals surface area contributed by atoms with Crippen molar-refractivity contribution in [2.24, 2.45) is 10.9 Å². The highest BCUT2D eigenvalue weighted by atomic mass is 19.4. The molecule has 4 nitrogen and oxygen atoms in total. The predicted molar refractivity (Wildman–Crippen MR) is 111 cm³/mol. The van der Waals surface area contributed by atoms with Gasteiger partial charge < -0.3 is 4.74 Å². The van der Waals surface area contributed by atoms with E-state index in [0.717, 1.165) is 12.1 Å². The quantitative estimate of drug-likeness (QED) is 0.461. The predicted octanol–water partition coefficient (Wildman–Crippen LogP) is 5.33. The van der Waals surface area contributed by atoms with Gasteiger partial charge in [0.25, 0.3) is 0 Å². The highest BCUT2D eigenvalue weighted by Crippen LogP contribution is 2.46. The van der Waals surface area contributed by atoms with E-state index in [9.17, 15) is 22.8 Å². The van der Waals surface area contributed by atoms with Gasteiger partial charge in [0.2, 0.25) is 5.90 Å². The molecule has 2 atom stereocenters. The lowest BCUT2D eigenvalue weighted by molar-refractivity contribution is -0.141. The molecule has 2 aromatic rings. The van der Waals surface area contributed by atoms with Gasteiger partial charge >= 0.3 is 12.1 Å². The van der Waals surface area contributed by atoms with Gasteiger partial charge in [-0.05, 0) is 48.2 Å². The lowest BCUT2D eigenvalue weighted by Gasteiger charge is -2.36. The standard InChI is InChI=1S/C24H22F3NO3/c1-14(2)23(22(30)31-21(28-23)18-8-6-5-7-9-18)20(15(3)16(4)29)17-10-12-19(13-11-17)24(25,26)27/h5-14,20H,3H2,1-2,4H3/t20-,23-/m0/s1. The second-order valence-electron chi connectivity index (χ2n) is 7.79. The molecule has 0 spiro atoms. The molecule has 0 bridgehead atoms. The average molecular weight is 429 g/mol. The van der Waals surface area contributed by atoms with Gasteiger partial charge in [-0.1, -0.05) is 50.8 Å². The third-order valence-corrected chi connectivity index (χ3v) is 5.52. The Morgan fingerprint density at radius 3 is 2.13 bits per heavy atom. The summed E-state index contributed by atoms with van der Waals surface area (Å²) in [6.45, 7) is 8.67. The summed E-state index contributed by atoms with van der Waals surface area (Å²) in [5.74, 6) is -2.38. The van der Waals surface area contributed by atoms with Gasteiger partial charge in [0.15, 0.2) is 11.3 Å². The maximum atomic E-state index is 13.2. The van der Waals surface area contributed by atoms with Gasteiger partial charge in [0.05, 0.1) is 5.56 Å². The number of hydrogen-bond acceptors (Lipinski definition) is 4. The van der Waals surface area contributed by atoms with Gasteiger partial charge in [0, 0.05) is 11.5 Å². The van der Waals surface area contributed by atoms with E-state index in [1.165, 1.54) is 19.1 Å². The first-order valence-corrected chi connectivity index (χ1v) is 9.73. The van der Waals surface area contributed by atoms with Crippen LogP contribution in [-0.2, 0) is 20.5 Å². The largest absolute Gasteiger partial charge is 0.416 e. The van der Waals surface area contributed by atoms with Gasteiger partial charge in [-0.3, -0.25) is 4.79 Å². The lowest BCUT2D eigenvalue weighted by Crippen LogP contribution is -2.46. The van der Waals surface area contributed by atoms with Crippen LogP contribution in [-0.4, -0.2) is 23.2 Å². The maximum Gasteiger partial charge on any atom is 0.416 e. The number of alkyl halides is 3. The molecule has 7 heteroatoms. The highest BCUT2D eigenvalue weighted by Gasteiger charge is 2.56. The van der Waals surface area contributed by atoms with Crippen molar-refractivity contribution in [1.29, 1.82) is 0 Å². The molecule has 1 aliphatic heterocycles. The van der Waals surface area contributed by atoms with Crippen LogP contribution in [0.2, 0.25) is 0 Å². The summed E-state index contributed by atoms with van der Waals surface area (Å²) in [7, 11) is 0. The molecule has 162 valence electrons. The summed E-state index contributed by atoms with van der Waals surface area (Å²) in [4.78, 5) is 30.1. The minimum Gasteiger partial charge on any atom is -0.405 e. The molecule has 0 N–H and O–H groups in total. The normalized spacial score (nSPS) is 19.7. The summed E-state index contributed by atoms with van der Waals surface area (Å²) in [5, 5.41) is 0. The molecular formula is C24H22F3NO3. The van der Waals surface area contributed by atoms with Crippen molar-refractivity contribution in [1.82, 2.24) is 0 Å². The number of cyclic esters (lactones) is 1. The Hall–Kier alpha value is -3.22. The molecule has 0 radical (unpaired) electrons. The van der Waals surface area contributed by atoms with E-state index in [4.69, 9.17) is 4.74 Å². The first kappa shape index (κ1) is 22.5. The zero-order chi connectivity index (χ0) is 23.0. The molecule has 0 saturated heterocycles. The van der Waals surface area contributed by atoms with Gasteiger partial charge in [0.1, 0.15) is 0 Å². The van der Waals surface area contributed by atoms with E-state index in [1.54, 1.807) is 44.2 Å². The Labute approximate surface area is 178 Å². The van der Waals surface area contributed by atoms with E-state index in [2.05, 4.69) is 11.6 Å². The van der Waals surface area contributed by atoms with Crippen LogP contribution in [0.4, 0.5) is 13.2 Å². The van der Waals surface area contributed by atoms with Crippen LogP contribution in [0, 0.1) is 5.92 Å². The number of rotatable bonds is 6. The number of hydrogen-bond donors (Lipinski definition) is 0. The van der Waals surface area contributed by atoms with E-state index in [0.29, 0.717) is 11.1 Å². The topological polar surface area (TPSA) is 55.7 Å². The number of carbonyl (C=O) groups is 2. The van der Waals surface area contributed by atoms with Crippen LogP contribution in [0.15, 0.2) is 71.7 Å². The molecular weight excluding hydrogens is 407 g/mol. The molecule has 0 fully saturated rings. The summed E-state index contributed by atoms with van der Waals surface area (Å²) in [6.07, 6.45) is -4.51. The second kappa shape index (κ2) is 8.13. The van der Waals surface area contributed by atoms with Crippen molar-refractivity contribution in [3.8, 4) is 0 Å². The first-order valence-electron chi connectivity index (χ1n) is 9.73. The van der Waals surface area contributed by atoms with Crippen molar-refractivity contribution in [3.63, 3.8) is 0 Å². The van der Waals surface area contributed by atoms with E-state index in [-0.39, 0.29) is 17.3 Å². The van der Waals surface area contributed by atoms with Crippen LogP contribution in [0.3, 0.4) is 0 Å². The number of halogens is 3. The Morgan fingerprint density at radius 2 is 1.65 bits per heavy atom. The minimum atomic E-state index is -4.51. The third-order valence-electron chi connectivity index (χ3n) is 5.52. The molecule has 0 unspecified atom stereocenters. The number of Topliss-reactive ketones (excluding diaryl/α,β-unsaturated/α-hetero) is 1.